The number of hydrogen-bond acceptors (Lipinski definition) is 4. The third-order valence-corrected chi connectivity index (χ3v) is 5.29. The fourth-order valence-corrected chi connectivity index (χ4v) is 3.76. The van der Waals surface area contributed by atoms with Crippen LogP contribution in [0.15, 0.2) is 53.9 Å². The van der Waals surface area contributed by atoms with Gasteiger partial charge in [-0.05, 0) is 36.8 Å². The average Bonchev–Trinajstić information content (AvgIpc) is 3.16. The van der Waals surface area contributed by atoms with Gasteiger partial charge in [0.15, 0.2) is 5.13 Å². The maximum absolute atomic E-state index is 13.3. The molecular formula is C23H26FN3OS. The molecule has 0 saturated heterocycles. The Morgan fingerprint density at radius 1 is 1.03 bits per heavy atom. The molecule has 3 aromatic rings. The lowest BCUT2D eigenvalue weighted by Crippen LogP contribution is -2.11. The normalized spacial score (nSPS) is 10.7. The summed E-state index contributed by atoms with van der Waals surface area (Å²) < 4.78 is 13.3. The van der Waals surface area contributed by atoms with Crippen molar-refractivity contribution in [2.75, 3.05) is 10.6 Å². The minimum absolute atomic E-state index is 0.0467. The summed E-state index contributed by atoms with van der Waals surface area (Å²) in [4.78, 5) is 16.7. The lowest BCUT2D eigenvalue weighted by Gasteiger charge is -2.07. The van der Waals surface area contributed by atoms with Crippen LogP contribution in [0.3, 0.4) is 0 Å². The first-order chi connectivity index (χ1) is 14.1. The molecule has 0 aliphatic rings. The molecule has 1 aromatic heterocycles. The molecule has 3 rings (SSSR count). The number of benzene rings is 2. The molecule has 0 saturated carbocycles. The van der Waals surface area contributed by atoms with Gasteiger partial charge in [0.1, 0.15) is 5.82 Å². The molecule has 2 aromatic carbocycles. The van der Waals surface area contributed by atoms with E-state index in [0.29, 0.717) is 17.2 Å². The molecule has 4 nitrogen and oxygen atoms in total. The first kappa shape index (κ1) is 21.0. The molecular weight excluding hydrogens is 385 g/mol. The number of rotatable bonds is 10. The van der Waals surface area contributed by atoms with E-state index in [0.717, 1.165) is 29.8 Å². The standard InChI is InChI=1S/C23H26FN3OS/c1-2-3-4-5-6-13-22(28)25-19-11-7-9-17(14-19)21-16-29-23(27-21)26-20-12-8-10-18(24)15-20/h7-12,14-16H,2-6,13H2,1H3,(H,25,28)(H,26,27). The maximum Gasteiger partial charge on any atom is 0.224 e. The summed E-state index contributed by atoms with van der Waals surface area (Å²) >= 11 is 1.45. The first-order valence-corrected chi connectivity index (χ1v) is 10.9. The summed E-state index contributed by atoms with van der Waals surface area (Å²) in [6, 6.07) is 14.0. The molecule has 152 valence electrons. The van der Waals surface area contributed by atoms with E-state index in [-0.39, 0.29) is 11.7 Å². The van der Waals surface area contributed by atoms with E-state index < -0.39 is 0 Å². The van der Waals surface area contributed by atoms with Crippen LogP contribution in [0.2, 0.25) is 0 Å². The third kappa shape index (κ3) is 6.68. The molecule has 1 heterocycles. The van der Waals surface area contributed by atoms with Crippen LogP contribution in [0.25, 0.3) is 11.3 Å². The van der Waals surface area contributed by atoms with E-state index in [1.54, 1.807) is 12.1 Å². The average molecular weight is 412 g/mol. The first-order valence-electron chi connectivity index (χ1n) is 10.0. The van der Waals surface area contributed by atoms with Crippen molar-refractivity contribution < 1.29 is 9.18 Å². The Morgan fingerprint density at radius 2 is 1.83 bits per heavy atom. The molecule has 0 aliphatic carbocycles. The Balaban J connectivity index is 1.58. The quantitative estimate of drug-likeness (QED) is 0.353. The van der Waals surface area contributed by atoms with E-state index >= 15 is 0 Å². The van der Waals surface area contributed by atoms with Gasteiger partial charge in [0.25, 0.3) is 0 Å². The van der Waals surface area contributed by atoms with Crippen molar-refractivity contribution in [1.82, 2.24) is 4.98 Å². The molecule has 0 radical (unpaired) electrons. The molecule has 0 bridgehead atoms. The highest BCUT2D eigenvalue weighted by atomic mass is 32.1. The highest BCUT2D eigenvalue weighted by molar-refractivity contribution is 7.14. The number of thiazole rings is 1. The summed E-state index contributed by atoms with van der Waals surface area (Å²) in [5, 5.41) is 8.72. The monoisotopic (exact) mass is 411 g/mol. The SMILES string of the molecule is CCCCCCCC(=O)Nc1cccc(-c2csc(Nc3cccc(F)c3)n2)c1. The number of carbonyl (C=O) groups excluding carboxylic acids is 1. The molecule has 29 heavy (non-hydrogen) atoms. The Morgan fingerprint density at radius 3 is 2.66 bits per heavy atom. The van der Waals surface area contributed by atoms with Crippen LogP contribution in [-0.4, -0.2) is 10.9 Å². The van der Waals surface area contributed by atoms with Gasteiger partial charge in [0.05, 0.1) is 5.69 Å². The summed E-state index contributed by atoms with van der Waals surface area (Å²) in [6.45, 7) is 2.18. The zero-order chi connectivity index (χ0) is 20.5. The summed E-state index contributed by atoms with van der Waals surface area (Å²) in [5.41, 5.74) is 3.17. The minimum Gasteiger partial charge on any atom is -0.331 e. The van der Waals surface area contributed by atoms with Crippen LogP contribution in [0.1, 0.15) is 45.4 Å². The van der Waals surface area contributed by atoms with Gasteiger partial charge in [-0.15, -0.1) is 11.3 Å². The Kier molecular flexibility index (Phi) is 7.76. The summed E-state index contributed by atoms with van der Waals surface area (Å²) in [7, 11) is 0. The molecule has 0 unspecified atom stereocenters. The van der Waals surface area contributed by atoms with Crippen LogP contribution in [-0.2, 0) is 4.79 Å². The fraction of sp³-hybridized carbons (Fsp3) is 0.304. The van der Waals surface area contributed by atoms with Crippen molar-refractivity contribution >= 4 is 33.8 Å². The van der Waals surface area contributed by atoms with Crippen LogP contribution < -0.4 is 10.6 Å². The smallest absolute Gasteiger partial charge is 0.224 e. The van der Waals surface area contributed by atoms with E-state index in [4.69, 9.17) is 0 Å². The van der Waals surface area contributed by atoms with E-state index in [1.807, 2.05) is 29.6 Å². The van der Waals surface area contributed by atoms with Crippen LogP contribution in [0, 0.1) is 5.82 Å². The van der Waals surface area contributed by atoms with Gasteiger partial charge < -0.3 is 10.6 Å². The van der Waals surface area contributed by atoms with E-state index in [9.17, 15) is 9.18 Å². The lowest BCUT2D eigenvalue weighted by atomic mass is 10.1. The number of halogens is 1. The summed E-state index contributed by atoms with van der Waals surface area (Å²) in [6.07, 6.45) is 6.19. The number of unbranched alkanes of at least 4 members (excludes halogenated alkanes) is 4. The number of amides is 1. The number of anilines is 3. The Bertz CT molecular complexity index is 941. The second kappa shape index (κ2) is 10.7. The third-order valence-electron chi connectivity index (χ3n) is 4.53. The predicted octanol–water partition coefficient (Wildman–Crippen LogP) is 6.99. The number of aromatic nitrogens is 1. The Hall–Kier alpha value is -2.73. The molecule has 0 aliphatic heterocycles. The molecule has 2 N–H and O–H groups in total. The van der Waals surface area contributed by atoms with Crippen molar-refractivity contribution in [3.8, 4) is 11.3 Å². The van der Waals surface area contributed by atoms with Crippen LogP contribution in [0.5, 0.6) is 0 Å². The zero-order valence-corrected chi connectivity index (χ0v) is 17.4. The second-order valence-electron chi connectivity index (χ2n) is 6.97. The lowest BCUT2D eigenvalue weighted by molar-refractivity contribution is -0.116. The van der Waals surface area contributed by atoms with Crippen LogP contribution in [0.4, 0.5) is 20.9 Å². The van der Waals surface area contributed by atoms with Gasteiger partial charge >= 0.3 is 0 Å². The van der Waals surface area contributed by atoms with Crippen molar-refractivity contribution in [1.29, 1.82) is 0 Å². The van der Waals surface area contributed by atoms with E-state index in [1.165, 1.54) is 42.7 Å². The van der Waals surface area contributed by atoms with Gasteiger partial charge in [-0.2, -0.15) is 0 Å². The topological polar surface area (TPSA) is 54.0 Å². The molecule has 1 amide bonds. The molecule has 0 atom stereocenters. The van der Waals surface area contributed by atoms with E-state index in [2.05, 4.69) is 22.5 Å². The Labute approximate surface area is 175 Å². The van der Waals surface area contributed by atoms with Crippen molar-refractivity contribution in [2.45, 2.75) is 45.4 Å². The number of nitrogens with one attached hydrogen (secondary N) is 2. The van der Waals surface area contributed by atoms with Gasteiger partial charge in [0, 0.05) is 28.7 Å². The number of hydrogen-bond donors (Lipinski definition) is 2. The number of carbonyl (C=O) groups is 1. The van der Waals surface area contributed by atoms with Crippen LogP contribution >= 0.6 is 11.3 Å². The highest BCUT2D eigenvalue weighted by Gasteiger charge is 2.08. The summed E-state index contributed by atoms with van der Waals surface area (Å²) in [5.74, 6) is -0.244. The second-order valence-corrected chi connectivity index (χ2v) is 7.82. The predicted molar refractivity (Wildman–Crippen MR) is 119 cm³/mol. The van der Waals surface area contributed by atoms with Gasteiger partial charge in [-0.3, -0.25) is 4.79 Å². The fourth-order valence-electron chi connectivity index (χ4n) is 3.02. The van der Waals surface area contributed by atoms with Crippen molar-refractivity contribution in [3.05, 3.63) is 59.7 Å². The highest BCUT2D eigenvalue weighted by Crippen LogP contribution is 2.28. The van der Waals surface area contributed by atoms with Gasteiger partial charge in [-0.1, -0.05) is 50.8 Å². The minimum atomic E-state index is -0.291. The molecule has 0 spiro atoms. The van der Waals surface area contributed by atoms with Crippen molar-refractivity contribution in [2.24, 2.45) is 0 Å². The molecule has 6 heteroatoms. The van der Waals surface area contributed by atoms with Crippen molar-refractivity contribution in [3.63, 3.8) is 0 Å². The largest absolute Gasteiger partial charge is 0.331 e. The zero-order valence-electron chi connectivity index (χ0n) is 16.6. The van der Waals surface area contributed by atoms with Gasteiger partial charge in [0.2, 0.25) is 5.91 Å². The molecule has 0 fully saturated rings. The number of nitrogens with zero attached hydrogens (tertiary/aromatic N) is 1. The maximum atomic E-state index is 13.3. The van der Waals surface area contributed by atoms with Gasteiger partial charge in [-0.25, -0.2) is 9.37 Å².